The molecule has 63 heavy (non-hydrogen) atoms. The van der Waals surface area contributed by atoms with Crippen molar-refractivity contribution in [2.75, 3.05) is 6.61 Å². The Labute approximate surface area is 373 Å². The van der Waals surface area contributed by atoms with Crippen LogP contribution in [0.4, 0.5) is 15.3 Å². The SMILES string of the molecule is CC(C)(C)COc1ccc(C[C@H](NC(=O)CCc2ccc(OC(=O)c3ccc(N=C(NC(=O)OC(C)(C)C)NC(=O)OC(C)(C)C)cc3)cc2Cl)C(C)(C)C)cc1.O=C=O.O=C=O. The Balaban J connectivity index is 0.00000312. The zero-order valence-corrected chi connectivity index (χ0v) is 38.7. The Hall–Kier alpha value is -6.34. The van der Waals surface area contributed by atoms with E-state index in [0.717, 1.165) is 16.9 Å². The van der Waals surface area contributed by atoms with Gasteiger partial charge in [-0.3, -0.25) is 15.4 Å². The molecule has 0 aliphatic heterocycles. The molecular weight excluding hydrogens is 836 g/mol. The number of alkyl carbamates (subject to hydrolysis) is 2. The molecule has 342 valence electrons. The van der Waals surface area contributed by atoms with Crippen molar-refractivity contribution >= 4 is 59.6 Å². The smallest absolute Gasteiger partial charge is 0.414 e. The lowest BCUT2D eigenvalue weighted by atomic mass is 9.83. The minimum atomic E-state index is -0.838. The lowest BCUT2D eigenvalue weighted by molar-refractivity contribution is -0.193. The Kier molecular flexibility index (Phi) is 21.6. The lowest BCUT2D eigenvalue weighted by Gasteiger charge is -2.32. The first-order valence-corrected chi connectivity index (χ1v) is 20.1. The molecule has 3 aromatic carbocycles. The van der Waals surface area contributed by atoms with Crippen LogP contribution in [0.25, 0.3) is 0 Å². The van der Waals surface area contributed by atoms with Crippen LogP contribution >= 0.6 is 11.6 Å². The molecule has 16 nitrogen and oxygen atoms in total. The van der Waals surface area contributed by atoms with Crippen LogP contribution < -0.4 is 25.4 Å². The average Bonchev–Trinajstić information content (AvgIpc) is 3.12. The molecule has 0 aliphatic carbocycles. The van der Waals surface area contributed by atoms with Crippen LogP contribution in [0.15, 0.2) is 71.7 Å². The summed E-state index contributed by atoms with van der Waals surface area (Å²) in [6.07, 6.45) is 0.113. The van der Waals surface area contributed by atoms with Gasteiger partial charge in [-0.15, -0.1) is 0 Å². The number of hydrogen-bond acceptors (Lipinski definition) is 13. The molecule has 0 heterocycles. The van der Waals surface area contributed by atoms with Gasteiger partial charge >= 0.3 is 30.5 Å². The summed E-state index contributed by atoms with van der Waals surface area (Å²) in [5, 5.41) is 8.40. The van der Waals surface area contributed by atoms with Crippen molar-refractivity contribution in [3.8, 4) is 11.5 Å². The molecule has 3 rings (SSSR count). The molecule has 3 amide bonds. The predicted octanol–water partition coefficient (Wildman–Crippen LogP) is 8.56. The second-order valence-corrected chi connectivity index (χ2v) is 18.7. The molecule has 0 bridgehead atoms. The largest absolute Gasteiger partial charge is 0.493 e. The van der Waals surface area contributed by atoms with E-state index in [4.69, 9.17) is 49.7 Å². The van der Waals surface area contributed by atoms with E-state index in [9.17, 15) is 19.2 Å². The monoisotopic (exact) mass is 894 g/mol. The van der Waals surface area contributed by atoms with Crippen LogP contribution in [0.5, 0.6) is 11.5 Å². The van der Waals surface area contributed by atoms with Crippen molar-refractivity contribution < 1.29 is 57.3 Å². The Morgan fingerprint density at radius 1 is 0.698 bits per heavy atom. The maximum Gasteiger partial charge on any atom is 0.414 e. The normalized spacial score (nSPS) is 11.5. The number of amides is 3. The quantitative estimate of drug-likeness (QED) is 0.0713. The molecule has 0 radical (unpaired) electrons. The van der Waals surface area contributed by atoms with Crippen molar-refractivity contribution in [1.29, 1.82) is 0 Å². The van der Waals surface area contributed by atoms with Gasteiger partial charge in [-0.2, -0.15) is 19.2 Å². The fraction of sp³-hybridized carbons (Fsp3) is 0.457. The molecule has 17 heteroatoms. The van der Waals surface area contributed by atoms with Gasteiger partial charge in [-0.25, -0.2) is 19.4 Å². The van der Waals surface area contributed by atoms with Gasteiger partial charge in [-0.05, 0) is 125 Å². The molecule has 0 unspecified atom stereocenters. The number of carbonyl (C=O) groups excluding carboxylic acids is 8. The highest BCUT2D eigenvalue weighted by molar-refractivity contribution is 6.31. The molecule has 0 saturated carbocycles. The zero-order chi connectivity index (χ0) is 48.2. The van der Waals surface area contributed by atoms with Crippen molar-refractivity contribution in [2.45, 2.75) is 120 Å². The number of esters is 1. The summed E-state index contributed by atoms with van der Waals surface area (Å²) < 4.78 is 22.0. The van der Waals surface area contributed by atoms with E-state index >= 15 is 0 Å². The van der Waals surface area contributed by atoms with Gasteiger partial charge in [0, 0.05) is 17.5 Å². The number of guanidine groups is 1. The maximum atomic E-state index is 13.2. The Morgan fingerprint density at radius 2 is 1.19 bits per heavy atom. The van der Waals surface area contributed by atoms with Crippen LogP contribution in [0.2, 0.25) is 5.02 Å². The van der Waals surface area contributed by atoms with Crippen molar-refractivity contribution in [3.05, 3.63) is 88.4 Å². The third-order valence-corrected chi connectivity index (χ3v) is 8.21. The summed E-state index contributed by atoms with van der Waals surface area (Å²) in [7, 11) is 0. The average molecular weight is 895 g/mol. The second kappa shape index (κ2) is 24.9. The van der Waals surface area contributed by atoms with Gasteiger partial charge in [0.2, 0.25) is 11.9 Å². The number of ether oxygens (including phenoxy) is 4. The third kappa shape index (κ3) is 24.0. The van der Waals surface area contributed by atoms with Gasteiger partial charge in [0.15, 0.2) is 0 Å². The zero-order valence-electron chi connectivity index (χ0n) is 38.0. The van der Waals surface area contributed by atoms with Gasteiger partial charge in [0.05, 0.1) is 17.9 Å². The maximum absolute atomic E-state index is 13.2. The van der Waals surface area contributed by atoms with Crippen LogP contribution in [0, 0.1) is 10.8 Å². The molecule has 0 fully saturated rings. The number of halogens is 1. The van der Waals surface area contributed by atoms with Crippen LogP contribution in [-0.2, 0) is 46.3 Å². The summed E-state index contributed by atoms with van der Waals surface area (Å²) in [5.41, 5.74) is 0.647. The minimum Gasteiger partial charge on any atom is -0.493 e. The molecule has 0 spiro atoms. The fourth-order valence-corrected chi connectivity index (χ4v) is 5.26. The van der Waals surface area contributed by atoms with Crippen molar-refractivity contribution in [2.24, 2.45) is 15.8 Å². The number of aliphatic imine (C=N–C) groups is 1. The predicted molar refractivity (Wildman–Crippen MR) is 234 cm³/mol. The van der Waals surface area contributed by atoms with E-state index in [2.05, 4.69) is 62.5 Å². The molecule has 0 aliphatic rings. The third-order valence-electron chi connectivity index (χ3n) is 7.85. The highest BCUT2D eigenvalue weighted by Gasteiger charge is 2.27. The van der Waals surface area contributed by atoms with Gasteiger partial charge in [0.25, 0.3) is 0 Å². The molecular formula is C46H59ClN4O12. The van der Waals surface area contributed by atoms with E-state index in [-0.39, 0.29) is 58.8 Å². The summed E-state index contributed by atoms with van der Waals surface area (Å²) in [4.78, 5) is 87.8. The summed E-state index contributed by atoms with van der Waals surface area (Å²) in [5.74, 6) is 0.0772. The van der Waals surface area contributed by atoms with Crippen LogP contribution in [0.1, 0.15) is 111 Å². The van der Waals surface area contributed by atoms with Crippen molar-refractivity contribution in [1.82, 2.24) is 16.0 Å². The first-order valence-electron chi connectivity index (χ1n) is 19.8. The van der Waals surface area contributed by atoms with E-state index in [1.807, 2.05) is 24.3 Å². The van der Waals surface area contributed by atoms with E-state index in [1.165, 1.54) is 30.3 Å². The van der Waals surface area contributed by atoms with Crippen LogP contribution in [0.3, 0.4) is 0 Å². The summed E-state index contributed by atoms with van der Waals surface area (Å²) >= 11 is 6.57. The van der Waals surface area contributed by atoms with E-state index in [1.54, 1.807) is 53.7 Å². The molecule has 0 aromatic heterocycles. The molecule has 3 aromatic rings. The number of nitrogens with one attached hydrogen (secondary N) is 3. The number of carbonyl (C=O) groups is 4. The number of benzene rings is 3. The van der Waals surface area contributed by atoms with Gasteiger partial charge in [-0.1, -0.05) is 71.3 Å². The minimum absolute atomic E-state index is 0.0656. The number of aryl methyl sites for hydroxylation is 1. The van der Waals surface area contributed by atoms with E-state index in [0.29, 0.717) is 30.2 Å². The summed E-state index contributed by atoms with van der Waals surface area (Å²) in [6, 6.07) is 18.8. The second-order valence-electron chi connectivity index (χ2n) is 18.3. The fourth-order valence-electron chi connectivity index (χ4n) is 4.99. The van der Waals surface area contributed by atoms with Crippen LogP contribution in [-0.4, -0.2) is 66.2 Å². The van der Waals surface area contributed by atoms with E-state index < -0.39 is 29.4 Å². The molecule has 3 N–H and O–H groups in total. The number of rotatable bonds is 11. The van der Waals surface area contributed by atoms with Crippen molar-refractivity contribution in [3.63, 3.8) is 0 Å². The van der Waals surface area contributed by atoms with Gasteiger partial charge in [0.1, 0.15) is 22.7 Å². The van der Waals surface area contributed by atoms with Gasteiger partial charge < -0.3 is 24.3 Å². The number of hydrogen-bond donors (Lipinski definition) is 3. The first kappa shape index (κ1) is 54.7. The first-order chi connectivity index (χ1) is 29.1. The Morgan fingerprint density at radius 3 is 1.63 bits per heavy atom. The number of nitrogens with zero attached hydrogens (tertiary/aromatic N) is 1. The molecule has 1 atom stereocenters. The molecule has 0 saturated heterocycles. The highest BCUT2D eigenvalue weighted by atomic mass is 35.5. The topological polar surface area (TPSA) is 222 Å². The summed E-state index contributed by atoms with van der Waals surface area (Å²) in [6.45, 7) is 23.5. The Bertz CT molecular complexity index is 2040. The lowest BCUT2D eigenvalue weighted by Crippen LogP contribution is -2.47. The standard InChI is InChI=1S/C44H59ClN4O8.2CO2/c1-41(2,3)27-54-32-21-13-28(14-22-32)25-35(42(4,5)6)47-36(50)24-18-29-17-23-33(26-34(29)45)55-37(51)30-15-19-31(20-16-30)46-38(48-39(52)56-43(7,8)9)49-40(53)57-44(10,11)12;2*2-1-3/h13-17,19-23,26,35H,18,24-25,27H2,1-12H3,(H,47,50)(H2,46,48,49,52,53);;/t35-;;/m0../s1. The highest BCUT2D eigenvalue weighted by Crippen LogP contribution is 2.27.